The third-order valence-corrected chi connectivity index (χ3v) is 8.47. The molecular formula is C24H38N2O3. The number of ether oxygens (including phenoxy) is 2. The van der Waals surface area contributed by atoms with E-state index in [1.807, 2.05) is 12.1 Å². The molecular weight excluding hydrogens is 364 g/mol. The van der Waals surface area contributed by atoms with Gasteiger partial charge in [0.25, 0.3) is 0 Å². The van der Waals surface area contributed by atoms with Crippen LogP contribution in [-0.4, -0.2) is 68.7 Å². The van der Waals surface area contributed by atoms with E-state index >= 15 is 0 Å². The zero-order valence-corrected chi connectivity index (χ0v) is 18.6. The summed E-state index contributed by atoms with van der Waals surface area (Å²) < 4.78 is 11.8. The lowest BCUT2D eigenvalue weighted by Gasteiger charge is -2.40. The maximum Gasteiger partial charge on any atom is 0.142 e. The maximum atomic E-state index is 10.6. The minimum absolute atomic E-state index is 0.262. The van der Waals surface area contributed by atoms with E-state index in [2.05, 4.69) is 42.7 Å². The molecule has 1 saturated heterocycles. The van der Waals surface area contributed by atoms with Crippen LogP contribution < -0.4 is 9.64 Å². The van der Waals surface area contributed by atoms with Crippen molar-refractivity contribution in [2.75, 3.05) is 51.3 Å². The number of benzene rings is 1. The van der Waals surface area contributed by atoms with Gasteiger partial charge in [0.1, 0.15) is 5.75 Å². The Morgan fingerprint density at radius 3 is 2.48 bits per heavy atom. The van der Waals surface area contributed by atoms with Crippen molar-refractivity contribution in [2.24, 2.45) is 16.7 Å². The highest BCUT2D eigenvalue weighted by molar-refractivity contribution is 5.58. The maximum absolute atomic E-state index is 10.6. The second-order valence-electron chi connectivity index (χ2n) is 10.0. The SMILES string of the molecule is COc1ccccc1N1CCN(C[C@@H](O)CO[C@@H]2C[C@H]3CC[C@]2(C)C3(C)C)CC1. The number of β-amino-alcohol motifs (C(OH)–C–C–N with tert-alkyl or cyclic N) is 1. The fraction of sp³-hybridized carbons (Fsp3) is 0.750. The predicted molar refractivity (Wildman–Crippen MR) is 117 cm³/mol. The number of para-hydroxylation sites is 2. The lowest BCUT2D eigenvalue weighted by Crippen LogP contribution is -2.49. The fourth-order valence-corrected chi connectivity index (χ4v) is 6.02. The summed E-state index contributed by atoms with van der Waals surface area (Å²) in [7, 11) is 1.73. The van der Waals surface area contributed by atoms with Crippen molar-refractivity contribution in [1.82, 2.24) is 4.90 Å². The molecule has 5 nitrogen and oxygen atoms in total. The Kier molecular flexibility index (Phi) is 5.84. The van der Waals surface area contributed by atoms with E-state index in [0.29, 0.717) is 24.7 Å². The lowest BCUT2D eigenvalue weighted by atomic mass is 9.70. The molecule has 0 aromatic heterocycles. The van der Waals surface area contributed by atoms with Gasteiger partial charge in [0.05, 0.1) is 31.6 Å². The molecule has 29 heavy (non-hydrogen) atoms. The van der Waals surface area contributed by atoms with Crippen LogP contribution in [0, 0.1) is 16.7 Å². The van der Waals surface area contributed by atoms with Crippen molar-refractivity contribution in [3.8, 4) is 5.75 Å². The Morgan fingerprint density at radius 2 is 1.86 bits per heavy atom. The molecule has 4 rings (SSSR count). The molecule has 1 heterocycles. The van der Waals surface area contributed by atoms with Gasteiger partial charge in [-0.3, -0.25) is 4.90 Å². The normalized spacial score (nSPS) is 32.5. The molecule has 1 N–H and O–H groups in total. The number of anilines is 1. The van der Waals surface area contributed by atoms with Gasteiger partial charge in [-0.1, -0.05) is 32.9 Å². The number of hydrogen-bond donors (Lipinski definition) is 1. The van der Waals surface area contributed by atoms with E-state index in [9.17, 15) is 5.11 Å². The lowest BCUT2D eigenvalue weighted by molar-refractivity contribution is -0.0794. The Morgan fingerprint density at radius 1 is 1.14 bits per heavy atom. The third kappa shape index (κ3) is 3.77. The van der Waals surface area contributed by atoms with Gasteiger partial charge in [-0.25, -0.2) is 0 Å². The van der Waals surface area contributed by atoms with E-state index in [0.717, 1.165) is 50.0 Å². The molecule has 4 atom stereocenters. The Hall–Kier alpha value is -1.30. The highest BCUT2D eigenvalue weighted by Gasteiger charge is 2.61. The zero-order chi connectivity index (χ0) is 20.6. The molecule has 3 fully saturated rings. The first-order valence-electron chi connectivity index (χ1n) is 11.2. The van der Waals surface area contributed by atoms with Crippen LogP contribution >= 0.6 is 0 Å². The van der Waals surface area contributed by atoms with Gasteiger partial charge in [0.2, 0.25) is 0 Å². The summed E-state index contributed by atoms with van der Waals surface area (Å²) in [6.07, 6.45) is 3.64. The van der Waals surface area contributed by atoms with Crippen LogP contribution in [0.15, 0.2) is 24.3 Å². The van der Waals surface area contributed by atoms with Gasteiger partial charge in [0, 0.05) is 32.7 Å². The molecule has 1 aromatic carbocycles. The largest absolute Gasteiger partial charge is 0.495 e. The number of methoxy groups -OCH3 is 1. The fourth-order valence-electron chi connectivity index (χ4n) is 6.02. The summed E-state index contributed by atoms with van der Waals surface area (Å²) in [4.78, 5) is 4.72. The molecule has 1 aliphatic heterocycles. The van der Waals surface area contributed by atoms with Gasteiger partial charge in [0.15, 0.2) is 0 Å². The van der Waals surface area contributed by atoms with E-state index < -0.39 is 6.10 Å². The van der Waals surface area contributed by atoms with E-state index in [4.69, 9.17) is 9.47 Å². The minimum atomic E-state index is -0.418. The van der Waals surface area contributed by atoms with Crippen molar-refractivity contribution in [3.63, 3.8) is 0 Å². The van der Waals surface area contributed by atoms with Crippen molar-refractivity contribution < 1.29 is 14.6 Å². The van der Waals surface area contributed by atoms with Gasteiger partial charge in [-0.15, -0.1) is 0 Å². The van der Waals surface area contributed by atoms with Crippen LogP contribution in [-0.2, 0) is 4.74 Å². The van der Waals surface area contributed by atoms with Crippen molar-refractivity contribution in [3.05, 3.63) is 24.3 Å². The van der Waals surface area contributed by atoms with Crippen LogP contribution in [0.5, 0.6) is 5.75 Å². The molecule has 1 aromatic rings. The van der Waals surface area contributed by atoms with Crippen LogP contribution in [0.4, 0.5) is 5.69 Å². The Balaban J connectivity index is 1.23. The Labute approximate surface area is 176 Å². The number of aliphatic hydroxyl groups excluding tert-OH is 1. The van der Waals surface area contributed by atoms with Gasteiger partial charge in [-0.2, -0.15) is 0 Å². The molecule has 2 bridgehead atoms. The first-order chi connectivity index (χ1) is 13.8. The summed E-state index contributed by atoms with van der Waals surface area (Å²) in [6.45, 7) is 12.2. The highest BCUT2D eigenvalue weighted by Crippen LogP contribution is 2.66. The molecule has 0 radical (unpaired) electrons. The topological polar surface area (TPSA) is 45.2 Å². The zero-order valence-electron chi connectivity index (χ0n) is 18.6. The summed E-state index contributed by atoms with van der Waals surface area (Å²) in [5.41, 5.74) is 1.78. The molecule has 162 valence electrons. The highest BCUT2D eigenvalue weighted by atomic mass is 16.5. The van der Waals surface area contributed by atoms with Crippen LogP contribution in [0.3, 0.4) is 0 Å². The number of nitrogens with zero attached hydrogens (tertiary/aromatic N) is 2. The van der Waals surface area contributed by atoms with E-state index in [-0.39, 0.29) is 5.41 Å². The summed E-state index contributed by atoms with van der Waals surface area (Å²) in [6, 6.07) is 8.20. The smallest absolute Gasteiger partial charge is 0.142 e. The quantitative estimate of drug-likeness (QED) is 0.757. The number of fused-ring (bicyclic) bond motifs is 2. The van der Waals surface area contributed by atoms with Crippen molar-refractivity contribution in [1.29, 1.82) is 0 Å². The monoisotopic (exact) mass is 402 g/mol. The second-order valence-corrected chi connectivity index (χ2v) is 10.0. The van der Waals surface area contributed by atoms with Crippen LogP contribution in [0.1, 0.15) is 40.0 Å². The van der Waals surface area contributed by atoms with Crippen molar-refractivity contribution >= 4 is 5.69 Å². The average molecular weight is 403 g/mol. The summed E-state index contributed by atoms with van der Waals surface area (Å²) in [5, 5.41) is 10.6. The van der Waals surface area contributed by atoms with Crippen LogP contribution in [0.2, 0.25) is 0 Å². The molecule has 2 saturated carbocycles. The van der Waals surface area contributed by atoms with Crippen LogP contribution in [0.25, 0.3) is 0 Å². The van der Waals surface area contributed by atoms with E-state index in [1.54, 1.807) is 7.11 Å². The van der Waals surface area contributed by atoms with Crippen molar-refractivity contribution in [2.45, 2.75) is 52.2 Å². The molecule has 0 unspecified atom stereocenters. The second kappa shape index (κ2) is 8.09. The Bertz CT molecular complexity index is 701. The van der Waals surface area contributed by atoms with Gasteiger partial charge >= 0.3 is 0 Å². The third-order valence-electron chi connectivity index (χ3n) is 8.47. The number of rotatable bonds is 7. The number of hydrogen-bond acceptors (Lipinski definition) is 5. The summed E-state index contributed by atoms with van der Waals surface area (Å²) >= 11 is 0. The molecule has 2 aliphatic carbocycles. The molecule has 5 heteroatoms. The first-order valence-corrected chi connectivity index (χ1v) is 11.2. The van der Waals surface area contributed by atoms with E-state index in [1.165, 1.54) is 12.8 Å². The average Bonchev–Trinajstić information content (AvgIpc) is 3.06. The van der Waals surface area contributed by atoms with Gasteiger partial charge < -0.3 is 19.5 Å². The summed E-state index contributed by atoms with van der Waals surface area (Å²) in [5.74, 6) is 1.70. The standard InChI is InChI=1S/C24H38N2O3/c1-23(2)18-9-10-24(23,3)22(15-18)29-17-19(27)16-25-11-13-26(14-12-25)20-7-5-6-8-21(20)28-4/h5-8,18-19,22,27H,9-17H2,1-4H3/t18-,19-,22-,24+/m1/s1. The number of piperazine rings is 1. The molecule has 3 aliphatic rings. The van der Waals surface area contributed by atoms with Gasteiger partial charge in [-0.05, 0) is 48.1 Å². The first kappa shape index (κ1) is 21.0. The minimum Gasteiger partial charge on any atom is -0.495 e. The number of aliphatic hydroxyl groups is 1. The predicted octanol–water partition coefficient (Wildman–Crippen LogP) is 3.41. The molecule has 0 amide bonds. The molecule has 0 spiro atoms.